The summed E-state index contributed by atoms with van der Waals surface area (Å²) in [6.45, 7) is -0.128. The summed E-state index contributed by atoms with van der Waals surface area (Å²) in [5.74, 6) is -1.40. The van der Waals surface area contributed by atoms with E-state index >= 15 is 0 Å². The molecule has 20 heavy (non-hydrogen) atoms. The summed E-state index contributed by atoms with van der Waals surface area (Å²) >= 11 is 0. The molecule has 0 fully saturated rings. The lowest BCUT2D eigenvalue weighted by molar-refractivity contribution is 0.255. The highest BCUT2D eigenvalue weighted by atomic mass is 19.1. The molecule has 3 rings (SSSR count). The summed E-state index contributed by atoms with van der Waals surface area (Å²) in [5.41, 5.74) is 0.717. The number of aromatic hydroxyl groups is 1. The van der Waals surface area contributed by atoms with E-state index in [4.69, 9.17) is 9.15 Å². The number of nitrogens with zero attached hydrogens (tertiary/aromatic N) is 1. The van der Waals surface area contributed by atoms with Crippen LogP contribution in [0.3, 0.4) is 0 Å². The largest absolute Gasteiger partial charge is 0.506 e. The number of benzene rings is 2. The molecule has 0 atom stereocenters. The van der Waals surface area contributed by atoms with Crippen molar-refractivity contribution in [1.82, 2.24) is 4.98 Å². The number of oxazole rings is 1. The Morgan fingerprint density at radius 2 is 2.05 bits per heavy atom. The van der Waals surface area contributed by atoms with E-state index in [1.807, 2.05) is 0 Å². The van der Waals surface area contributed by atoms with Crippen LogP contribution in [0.2, 0.25) is 0 Å². The lowest BCUT2D eigenvalue weighted by atomic mass is 10.3. The van der Waals surface area contributed by atoms with Gasteiger partial charge in [0, 0.05) is 6.07 Å². The van der Waals surface area contributed by atoms with E-state index in [1.165, 1.54) is 12.1 Å². The van der Waals surface area contributed by atoms with Crippen LogP contribution in [0.4, 0.5) is 8.78 Å². The molecule has 0 spiro atoms. The van der Waals surface area contributed by atoms with Crippen molar-refractivity contribution in [1.29, 1.82) is 0 Å². The summed E-state index contributed by atoms with van der Waals surface area (Å²) in [4.78, 5) is 4.04. The molecule has 4 nitrogen and oxygen atoms in total. The number of ether oxygens (including phenoxy) is 1. The van der Waals surface area contributed by atoms with Gasteiger partial charge in [0.15, 0.2) is 29.3 Å². The predicted octanol–water partition coefficient (Wildman–Crippen LogP) is 3.39. The smallest absolute Gasteiger partial charge is 0.233 e. The topological polar surface area (TPSA) is 55.5 Å². The van der Waals surface area contributed by atoms with E-state index in [2.05, 4.69) is 4.98 Å². The van der Waals surface area contributed by atoms with Gasteiger partial charge < -0.3 is 14.3 Å². The zero-order valence-corrected chi connectivity index (χ0v) is 10.1. The van der Waals surface area contributed by atoms with Crippen LogP contribution in [0.5, 0.6) is 11.5 Å². The van der Waals surface area contributed by atoms with Gasteiger partial charge in [0.25, 0.3) is 0 Å². The molecule has 102 valence electrons. The van der Waals surface area contributed by atoms with Crippen LogP contribution in [0.1, 0.15) is 5.89 Å². The quantitative estimate of drug-likeness (QED) is 0.797. The van der Waals surface area contributed by atoms with E-state index in [0.29, 0.717) is 11.1 Å². The number of hydrogen-bond donors (Lipinski definition) is 1. The minimum absolute atomic E-state index is 0.00883. The number of hydrogen-bond acceptors (Lipinski definition) is 4. The predicted molar refractivity (Wildman–Crippen MR) is 66.4 cm³/mol. The summed E-state index contributed by atoms with van der Waals surface area (Å²) in [6.07, 6.45) is 0. The zero-order valence-electron chi connectivity index (χ0n) is 10.1. The molecule has 0 bridgehead atoms. The first-order valence-corrected chi connectivity index (χ1v) is 5.79. The van der Waals surface area contributed by atoms with Crippen molar-refractivity contribution < 1.29 is 23.0 Å². The molecule has 1 heterocycles. The Morgan fingerprint density at radius 1 is 1.20 bits per heavy atom. The highest BCUT2D eigenvalue weighted by Gasteiger charge is 2.11. The lowest BCUT2D eigenvalue weighted by Crippen LogP contribution is -1.97. The number of rotatable bonds is 3. The molecule has 0 saturated heterocycles. The molecule has 0 aliphatic heterocycles. The van der Waals surface area contributed by atoms with Crippen molar-refractivity contribution in [3.63, 3.8) is 0 Å². The molecular weight excluding hydrogens is 268 g/mol. The van der Waals surface area contributed by atoms with E-state index in [-0.39, 0.29) is 24.0 Å². The Kier molecular flexibility index (Phi) is 2.98. The number of phenolic OH excluding ortho intramolecular Hbond substituents is 1. The van der Waals surface area contributed by atoms with E-state index in [1.54, 1.807) is 12.1 Å². The molecule has 1 aromatic heterocycles. The second-order valence-electron chi connectivity index (χ2n) is 4.09. The van der Waals surface area contributed by atoms with Crippen LogP contribution in [-0.2, 0) is 6.61 Å². The Bertz CT molecular complexity index is 770. The summed E-state index contributed by atoms with van der Waals surface area (Å²) in [6, 6.07) is 7.75. The second kappa shape index (κ2) is 4.80. The van der Waals surface area contributed by atoms with Crippen LogP contribution >= 0.6 is 0 Å². The van der Waals surface area contributed by atoms with Crippen LogP contribution in [0, 0.1) is 11.6 Å². The fraction of sp³-hybridized carbons (Fsp3) is 0.0714. The minimum Gasteiger partial charge on any atom is -0.506 e. The molecule has 6 heteroatoms. The fourth-order valence-corrected chi connectivity index (χ4v) is 1.77. The third-order valence-electron chi connectivity index (χ3n) is 2.69. The maximum atomic E-state index is 13.4. The summed E-state index contributed by atoms with van der Waals surface area (Å²) < 4.78 is 36.6. The molecule has 0 unspecified atom stereocenters. The van der Waals surface area contributed by atoms with Crippen LogP contribution in [0.15, 0.2) is 40.8 Å². The van der Waals surface area contributed by atoms with Crippen LogP contribution in [0.25, 0.3) is 11.1 Å². The Balaban J connectivity index is 1.81. The van der Waals surface area contributed by atoms with Gasteiger partial charge in [-0.25, -0.2) is 13.8 Å². The first kappa shape index (κ1) is 12.4. The zero-order chi connectivity index (χ0) is 14.1. The van der Waals surface area contributed by atoms with Crippen molar-refractivity contribution >= 4 is 11.1 Å². The van der Waals surface area contributed by atoms with Crippen LogP contribution in [-0.4, -0.2) is 10.1 Å². The molecule has 0 radical (unpaired) electrons. The van der Waals surface area contributed by atoms with Gasteiger partial charge in [-0.1, -0.05) is 6.07 Å². The van der Waals surface area contributed by atoms with Gasteiger partial charge in [0.1, 0.15) is 11.6 Å². The first-order chi connectivity index (χ1) is 9.63. The molecule has 0 aliphatic rings. The monoisotopic (exact) mass is 277 g/mol. The Labute approximate surface area is 112 Å². The van der Waals surface area contributed by atoms with Crippen molar-refractivity contribution in [2.24, 2.45) is 0 Å². The second-order valence-corrected chi connectivity index (χ2v) is 4.09. The van der Waals surface area contributed by atoms with Crippen molar-refractivity contribution in [3.8, 4) is 11.5 Å². The Hall–Kier alpha value is -2.63. The maximum absolute atomic E-state index is 13.4. The molecule has 0 saturated carbocycles. The van der Waals surface area contributed by atoms with Gasteiger partial charge in [-0.3, -0.25) is 0 Å². The SMILES string of the molecule is Oc1cccc2oc(COc3ccc(F)cc3F)nc12. The summed E-state index contributed by atoms with van der Waals surface area (Å²) in [7, 11) is 0. The number of halogens is 2. The van der Waals surface area contributed by atoms with Crippen molar-refractivity contribution in [3.05, 3.63) is 53.9 Å². The van der Waals surface area contributed by atoms with Gasteiger partial charge in [-0.05, 0) is 24.3 Å². The third-order valence-corrected chi connectivity index (χ3v) is 2.69. The first-order valence-electron chi connectivity index (χ1n) is 5.79. The van der Waals surface area contributed by atoms with Gasteiger partial charge >= 0.3 is 0 Å². The molecule has 0 amide bonds. The number of phenols is 1. The minimum atomic E-state index is -0.802. The van der Waals surface area contributed by atoms with Crippen molar-refractivity contribution in [2.75, 3.05) is 0 Å². The molecular formula is C14H9F2NO3. The highest BCUT2D eigenvalue weighted by molar-refractivity contribution is 5.79. The molecule has 2 aromatic carbocycles. The standard InChI is InChI=1S/C14H9F2NO3/c15-8-4-5-11(9(16)6-8)19-7-13-17-14-10(18)2-1-3-12(14)20-13/h1-6,18H,7H2. The van der Waals surface area contributed by atoms with Gasteiger partial charge in [-0.2, -0.15) is 0 Å². The van der Waals surface area contributed by atoms with Crippen LogP contribution < -0.4 is 4.74 Å². The molecule has 1 N–H and O–H groups in total. The maximum Gasteiger partial charge on any atom is 0.233 e. The average Bonchev–Trinajstić information content (AvgIpc) is 2.82. The Morgan fingerprint density at radius 3 is 2.80 bits per heavy atom. The third kappa shape index (κ3) is 2.27. The van der Waals surface area contributed by atoms with Gasteiger partial charge in [-0.15, -0.1) is 0 Å². The average molecular weight is 277 g/mol. The lowest BCUT2D eigenvalue weighted by Gasteiger charge is -2.04. The number of fused-ring (bicyclic) bond motifs is 1. The number of para-hydroxylation sites is 1. The highest BCUT2D eigenvalue weighted by Crippen LogP contribution is 2.25. The molecule has 0 aliphatic carbocycles. The summed E-state index contributed by atoms with van der Waals surface area (Å²) in [5, 5.41) is 9.58. The van der Waals surface area contributed by atoms with Gasteiger partial charge in [0.2, 0.25) is 5.89 Å². The molecule has 3 aromatic rings. The van der Waals surface area contributed by atoms with E-state index < -0.39 is 11.6 Å². The van der Waals surface area contributed by atoms with Gasteiger partial charge in [0.05, 0.1) is 0 Å². The van der Waals surface area contributed by atoms with Crippen molar-refractivity contribution in [2.45, 2.75) is 6.61 Å². The normalized spacial score (nSPS) is 10.9. The van der Waals surface area contributed by atoms with E-state index in [0.717, 1.165) is 12.1 Å². The number of aromatic nitrogens is 1. The van der Waals surface area contributed by atoms with E-state index in [9.17, 15) is 13.9 Å². The fourth-order valence-electron chi connectivity index (χ4n) is 1.77.